The highest BCUT2D eigenvalue weighted by molar-refractivity contribution is 6.31. The summed E-state index contributed by atoms with van der Waals surface area (Å²) >= 11 is 6.09. The Hall–Kier alpha value is -1.62. The number of aliphatic carboxylic acids is 1. The Balaban J connectivity index is 1.81. The van der Waals surface area contributed by atoms with Gasteiger partial charge in [0.05, 0.1) is 0 Å². The molecule has 120 valence electrons. The van der Waals surface area contributed by atoms with Crippen LogP contribution in [0.25, 0.3) is 0 Å². The first kappa shape index (κ1) is 16.7. The maximum Gasteiger partial charge on any atom is 0.303 e. The van der Waals surface area contributed by atoms with Crippen molar-refractivity contribution in [2.45, 2.75) is 43.9 Å². The second kappa shape index (κ2) is 7.09. The molecule has 22 heavy (non-hydrogen) atoms. The van der Waals surface area contributed by atoms with E-state index in [1.165, 1.54) is 12.1 Å². The van der Waals surface area contributed by atoms with Gasteiger partial charge in [-0.05, 0) is 43.4 Å². The zero-order chi connectivity index (χ0) is 16.2. The van der Waals surface area contributed by atoms with E-state index in [2.05, 4.69) is 5.32 Å². The van der Waals surface area contributed by atoms with Crippen molar-refractivity contribution < 1.29 is 19.1 Å². The molecule has 1 amide bonds. The summed E-state index contributed by atoms with van der Waals surface area (Å²) in [6.45, 7) is 0.482. The molecule has 0 radical (unpaired) electrons. The number of carboxylic acids is 1. The van der Waals surface area contributed by atoms with Crippen molar-refractivity contribution in [3.8, 4) is 0 Å². The van der Waals surface area contributed by atoms with Crippen LogP contribution in [0.1, 0.15) is 44.1 Å². The molecule has 1 fully saturated rings. The average molecular weight is 328 g/mol. The zero-order valence-corrected chi connectivity index (χ0v) is 13.0. The Bertz CT molecular complexity index is 573. The summed E-state index contributed by atoms with van der Waals surface area (Å²) in [6, 6.07) is 4.36. The Labute approximate surface area is 133 Å². The number of rotatable bonds is 8. The van der Waals surface area contributed by atoms with Crippen molar-refractivity contribution in [1.82, 2.24) is 5.32 Å². The summed E-state index contributed by atoms with van der Waals surface area (Å²) in [4.78, 5) is 22.2. The van der Waals surface area contributed by atoms with Crippen molar-refractivity contribution in [3.05, 3.63) is 34.6 Å². The summed E-state index contributed by atoms with van der Waals surface area (Å²) in [7, 11) is 0. The molecule has 4 nitrogen and oxygen atoms in total. The first-order valence-electron chi connectivity index (χ1n) is 7.37. The van der Waals surface area contributed by atoms with Gasteiger partial charge in [0.1, 0.15) is 5.82 Å². The SMILES string of the molecule is O=C(O)CCCCC(=O)NCC1(c2ccc(F)cc2Cl)CC1. The minimum absolute atomic E-state index is 0.0857. The van der Waals surface area contributed by atoms with Gasteiger partial charge in [0, 0.05) is 29.8 Å². The van der Waals surface area contributed by atoms with Crippen LogP contribution in [0, 0.1) is 5.82 Å². The van der Waals surface area contributed by atoms with Gasteiger partial charge in [-0.25, -0.2) is 4.39 Å². The molecule has 0 spiro atoms. The quantitative estimate of drug-likeness (QED) is 0.720. The molecule has 0 aromatic heterocycles. The van der Waals surface area contributed by atoms with Crippen molar-refractivity contribution in [2.75, 3.05) is 6.54 Å². The van der Waals surface area contributed by atoms with Crippen LogP contribution in [0.4, 0.5) is 4.39 Å². The first-order chi connectivity index (χ1) is 10.4. The number of benzene rings is 1. The number of amides is 1. The van der Waals surface area contributed by atoms with Crippen LogP contribution in [-0.4, -0.2) is 23.5 Å². The van der Waals surface area contributed by atoms with Crippen LogP contribution in [0.15, 0.2) is 18.2 Å². The van der Waals surface area contributed by atoms with E-state index in [4.69, 9.17) is 16.7 Å². The van der Waals surface area contributed by atoms with Crippen LogP contribution in [0.2, 0.25) is 5.02 Å². The Kier molecular flexibility index (Phi) is 5.40. The fraction of sp³-hybridized carbons (Fsp3) is 0.500. The summed E-state index contributed by atoms with van der Waals surface area (Å²) in [5, 5.41) is 11.8. The predicted molar refractivity (Wildman–Crippen MR) is 81.4 cm³/mol. The average Bonchev–Trinajstić information content (AvgIpc) is 3.22. The van der Waals surface area contributed by atoms with Crippen LogP contribution in [0.3, 0.4) is 0 Å². The second-order valence-electron chi connectivity index (χ2n) is 5.78. The van der Waals surface area contributed by atoms with Gasteiger partial charge in [-0.3, -0.25) is 9.59 Å². The second-order valence-corrected chi connectivity index (χ2v) is 6.19. The number of hydrogen-bond acceptors (Lipinski definition) is 2. The standard InChI is InChI=1S/C16H19ClFNO3/c17-13-9-11(18)5-6-12(13)16(7-8-16)10-19-14(20)3-1-2-4-15(21)22/h5-6,9H,1-4,7-8,10H2,(H,19,20)(H,21,22). The molecule has 0 saturated heterocycles. The number of halogens is 2. The molecule has 1 aromatic carbocycles. The Morgan fingerprint density at radius 3 is 2.55 bits per heavy atom. The summed E-state index contributed by atoms with van der Waals surface area (Å²) < 4.78 is 13.1. The normalized spacial score (nSPS) is 15.4. The fourth-order valence-electron chi connectivity index (χ4n) is 2.53. The molecule has 0 atom stereocenters. The van der Waals surface area contributed by atoms with E-state index in [0.717, 1.165) is 18.4 Å². The highest BCUT2D eigenvalue weighted by Crippen LogP contribution is 2.50. The maximum atomic E-state index is 13.1. The molecule has 1 saturated carbocycles. The fourth-order valence-corrected chi connectivity index (χ4v) is 2.90. The predicted octanol–water partition coefficient (Wildman–Crippen LogP) is 3.27. The highest BCUT2D eigenvalue weighted by Gasteiger charge is 2.45. The Morgan fingerprint density at radius 1 is 1.27 bits per heavy atom. The van der Waals surface area contributed by atoms with Crippen LogP contribution < -0.4 is 5.32 Å². The van der Waals surface area contributed by atoms with Gasteiger partial charge in [-0.2, -0.15) is 0 Å². The lowest BCUT2D eigenvalue weighted by atomic mass is 9.95. The van der Waals surface area contributed by atoms with Gasteiger partial charge in [-0.1, -0.05) is 17.7 Å². The van der Waals surface area contributed by atoms with Crippen LogP contribution >= 0.6 is 11.6 Å². The van der Waals surface area contributed by atoms with E-state index in [9.17, 15) is 14.0 Å². The molecule has 0 aliphatic heterocycles. The molecule has 0 bridgehead atoms. The summed E-state index contributed by atoms with van der Waals surface area (Å²) in [5.41, 5.74) is 0.698. The van der Waals surface area contributed by atoms with Gasteiger partial charge in [0.15, 0.2) is 0 Å². The monoisotopic (exact) mass is 327 g/mol. The number of carboxylic acid groups (broad SMARTS) is 1. The molecular formula is C16H19ClFNO3. The molecule has 1 aromatic rings. The topological polar surface area (TPSA) is 66.4 Å². The molecule has 0 unspecified atom stereocenters. The molecule has 0 heterocycles. The van der Waals surface area contributed by atoms with E-state index in [1.807, 2.05) is 0 Å². The van der Waals surface area contributed by atoms with E-state index in [-0.39, 0.29) is 23.6 Å². The van der Waals surface area contributed by atoms with Crippen molar-refractivity contribution in [3.63, 3.8) is 0 Å². The minimum atomic E-state index is -0.844. The highest BCUT2D eigenvalue weighted by atomic mass is 35.5. The molecule has 6 heteroatoms. The molecule has 1 aliphatic carbocycles. The van der Waals surface area contributed by atoms with Crippen molar-refractivity contribution in [2.24, 2.45) is 0 Å². The van der Waals surface area contributed by atoms with E-state index in [1.54, 1.807) is 6.07 Å². The lowest BCUT2D eigenvalue weighted by Crippen LogP contribution is -2.32. The summed E-state index contributed by atoms with van der Waals surface area (Å²) in [6.07, 6.45) is 3.29. The van der Waals surface area contributed by atoms with Gasteiger partial charge in [0.2, 0.25) is 5.91 Å². The third kappa shape index (κ3) is 4.44. The van der Waals surface area contributed by atoms with Gasteiger partial charge in [-0.15, -0.1) is 0 Å². The van der Waals surface area contributed by atoms with Crippen molar-refractivity contribution in [1.29, 1.82) is 0 Å². The van der Waals surface area contributed by atoms with E-state index in [0.29, 0.717) is 30.8 Å². The molecular weight excluding hydrogens is 309 g/mol. The smallest absolute Gasteiger partial charge is 0.303 e. The van der Waals surface area contributed by atoms with Gasteiger partial charge >= 0.3 is 5.97 Å². The van der Waals surface area contributed by atoms with Gasteiger partial charge in [0.25, 0.3) is 0 Å². The zero-order valence-electron chi connectivity index (χ0n) is 12.2. The number of unbranched alkanes of at least 4 members (excludes halogenated alkanes) is 1. The lowest BCUT2D eigenvalue weighted by molar-refractivity contribution is -0.137. The van der Waals surface area contributed by atoms with Crippen molar-refractivity contribution >= 4 is 23.5 Å². The Morgan fingerprint density at radius 2 is 1.95 bits per heavy atom. The van der Waals surface area contributed by atoms with Crippen LogP contribution in [0.5, 0.6) is 0 Å². The number of carbonyl (C=O) groups is 2. The summed E-state index contributed by atoms with van der Waals surface area (Å²) in [5.74, 6) is -1.30. The maximum absolute atomic E-state index is 13.1. The van der Waals surface area contributed by atoms with E-state index < -0.39 is 5.97 Å². The third-order valence-corrected chi connectivity index (χ3v) is 4.34. The first-order valence-corrected chi connectivity index (χ1v) is 7.75. The largest absolute Gasteiger partial charge is 0.481 e. The van der Waals surface area contributed by atoms with E-state index >= 15 is 0 Å². The third-order valence-electron chi connectivity index (χ3n) is 4.02. The number of nitrogens with one attached hydrogen (secondary N) is 1. The van der Waals surface area contributed by atoms with Gasteiger partial charge < -0.3 is 10.4 Å². The molecule has 1 aliphatic rings. The number of hydrogen-bond donors (Lipinski definition) is 2. The molecule has 2 rings (SSSR count). The minimum Gasteiger partial charge on any atom is -0.481 e. The number of carbonyl (C=O) groups excluding carboxylic acids is 1. The van der Waals surface area contributed by atoms with Crippen LogP contribution in [-0.2, 0) is 15.0 Å². The molecule has 2 N–H and O–H groups in total. The lowest BCUT2D eigenvalue weighted by Gasteiger charge is -2.18.